The molecule has 1 aromatic carbocycles. The molecule has 1 aromatic rings. The molecule has 1 heterocycles. The second-order valence-corrected chi connectivity index (χ2v) is 4.86. The van der Waals surface area contributed by atoms with E-state index in [-0.39, 0.29) is 6.10 Å². The summed E-state index contributed by atoms with van der Waals surface area (Å²) in [4.78, 5) is 0. The molecule has 0 saturated carbocycles. The highest BCUT2D eigenvalue weighted by molar-refractivity contribution is 6.31. The van der Waals surface area contributed by atoms with E-state index in [2.05, 4.69) is 11.4 Å². The molecule has 2 rings (SSSR count). The maximum absolute atomic E-state index is 6.14. The van der Waals surface area contributed by atoms with Gasteiger partial charge in [-0.3, -0.25) is 0 Å². The van der Waals surface area contributed by atoms with E-state index < -0.39 is 0 Å². The quantitative estimate of drug-likeness (QED) is 0.857. The van der Waals surface area contributed by atoms with Crippen LogP contribution in [0, 0.1) is 13.8 Å². The van der Waals surface area contributed by atoms with E-state index in [4.69, 9.17) is 16.3 Å². The molecule has 3 heteroatoms. The summed E-state index contributed by atoms with van der Waals surface area (Å²) < 4.78 is 6.00. The maximum Gasteiger partial charge on any atom is 0.124 e. The summed E-state index contributed by atoms with van der Waals surface area (Å²) in [6, 6.07) is 4.04. The first-order valence-corrected chi connectivity index (χ1v) is 6.19. The highest BCUT2D eigenvalue weighted by Crippen LogP contribution is 2.28. The van der Waals surface area contributed by atoms with Crippen LogP contribution in [0.2, 0.25) is 5.02 Å². The van der Waals surface area contributed by atoms with Crippen molar-refractivity contribution < 1.29 is 4.74 Å². The Labute approximate surface area is 102 Å². The van der Waals surface area contributed by atoms with E-state index in [1.54, 1.807) is 0 Å². The second kappa shape index (κ2) is 5.07. The van der Waals surface area contributed by atoms with E-state index in [1.165, 1.54) is 6.42 Å². The number of hydrogen-bond acceptors (Lipinski definition) is 2. The standard InChI is InChI=1S/C13H18ClNO/c1-9-6-12(14)10(2)13(7-9)16-11-4-3-5-15-8-11/h6-7,11,15H,3-5,8H2,1-2H3. The first kappa shape index (κ1) is 11.7. The van der Waals surface area contributed by atoms with Crippen LogP contribution in [0.5, 0.6) is 5.75 Å². The summed E-state index contributed by atoms with van der Waals surface area (Å²) >= 11 is 6.14. The van der Waals surface area contributed by atoms with Crippen molar-refractivity contribution in [3.8, 4) is 5.75 Å². The molecule has 0 aromatic heterocycles. The van der Waals surface area contributed by atoms with E-state index >= 15 is 0 Å². The minimum atomic E-state index is 0.283. The highest BCUT2D eigenvalue weighted by atomic mass is 35.5. The highest BCUT2D eigenvalue weighted by Gasteiger charge is 2.16. The molecule has 0 amide bonds. The van der Waals surface area contributed by atoms with Gasteiger partial charge in [-0.25, -0.2) is 0 Å². The second-order valence-electron chi connectivity index (χ2n) is 4.46. The van der Waals surface area contributed by atoms with Gasteiger partial charge in [0.1, 0.15) is 11.9 Å². The zero-order valence-electron chi connectivity index (χ0n) is 9.85. The normalized spacial score (nSPS) is 20.8. The van der Waals surface area contributed by atoms with Crippen molar-refractivity contribution in [2.24, 2.45) is 0 Å². The summed E-state index contributed by atoms with van der Waals surface area (Å²) in [5, 5.41) is 4.14. The zero-order chi connectivity index (χ0) is 11.5. The van der Waals surface area contributed by atoms with Crippen molar-refractivity contribution in [3.05, 3.63) is 28.3 Å². The summed E-state index contributed by atoms with van der Waals surface area (Å²) in [5.74, 6) is 0.929. The number of rotatable bonds is 2. The van der Waals surface area contributed by atoms with Crippen LogP contribution in [0.15, 0.2) is 12.1 Å². The first-order valence-electron chi connectivity index (χ1n) is 5.81. The lowest BCUT2D eigenvalue weighted by Crippen LogP contribution is -2.37. The van der Waals surface area contributed by atoms with Crippen molar-refractivity contribution in [1.29, 1.82) is 0 Å². The predicted octanol–water partition coefficient (Wildman–Crippen LogP) is 3.09. The van der Waals surface area contributed by atoms with Crippen molar-refractivity contribution >= 4 is 11.6 Å². The lowest BCUT2D eigenvalue weighted by Gasteiger charge is -2.25. The molecule has 0 bridgehead atoms. The van der Waals surface area contributed by atoms with E-state index in [0.29, 0.717) is 0 Å². The lowest BCUT2D eigenvalue weighted by atomic mass is 10.1. The van der Waals surface area contributed by atoms with Crippen LogP contribution >= 0.6 is 11.6 Å². The van der Waals surface area contributed by atoms with Gasteiger partial charge in [-0.2, -0.15) is 0 Å². The van der Waals surface area contributed by atoms with E-state index in [0.717, 1.165) is 41.4 Å². The van der Waals surface area contributed by atoms with Crippen LogP contribution in [-0.2, 0) is 0 Å². The third-order valence-electron chi connectivity index (χ3n) is 2.99. The van der Waals surface area contributed by atoms with Crippen LogP contribution in [0.3, 0.4) is 0 Å². The number of ether oxygens (including phenoxy) is 1. The molecule has 88 valence electrons. The summed E-state index contributed by atoms with van der Waals surface area (Å²) in [6.07, 6.45) is 2.59. The molecule has 1 atom stereocenters. The fourth-order valence-corrected chi connectivity index (χ4v) is 2.27. The number of nitrogens with one attached hydrogen (secondary N) is 1. The zero-order valence-corrected chi connectivity index (χ0v) is 10.6. The summed E-state index contributed by atoms with van der Waals surface area (Å²) in [6.45, 7) is 6.09. The average molecular weight is 240 g/mol. The van der Waals surface area contributed by atoms with E-state index in [9.17, 15) is 0 Å². The fraction of sp³-hybridized carbons (Fsp3) is 0.538. The van der Waals surface area contributed by atoms with Crippen LogP contribution in [0.4, 0.5) is 0 Å². The molecular weight excluding hydrogens is 222 g/mol. The molecule has 1 N–H and O–H groups in total. The third-order valence-corrected chi connectivity index (χ3v) is 3.38. The van der Waals surface area contributed by atoms with Gasteiger partial charge in [-0.15, -0.1) is 0 Å². The van der Waals surface area contributed by atoms with Crippen molar-refractivity contribution in [2.75, 3.05) is 13.1 Å². The Kier molecular flexibility index (Phi) is 3.72. The Bertz CT molecular complexity index is 372. The third kappa shape index (κ3) is 2.69. The van der Waals surface area contributed by atoms with Gasteiger partial charge >= 0.3 is 0 Å². The van der Waals surface area contributed by atoms with Crippen molar-refractivity contribution in [1.82, 2.24) is 5.32 Å². The lowest BCUT2D eigenvalue weighted by molar-refractivity contribution is 0.166. The molecule has 0 spiro atoms. The van der Waals surface area contributed by atoms with Gasteiger partial charge in [-0.1, -0.05) is 11.6 Å². The Morgan fingerprint density at radius 3 is 2.88 bits per heavy atom. The minimum absolute atomic E-state index is 0.283. The van der Waals surface area contributed by atoms with E-state index in [1.807, 2.05) is 19.9 Å². The monoisotopic (exact) mass is 239 g/mol. The Morgan fingerprint density at radius 2 is 2.19 bits per heavy atom. The van der Waals surface area contributed by atoms with Gasteiger partial charge in [0.05, 0.1) is 0 Å². The number of hydrogen-bond donors (Lipinski definition) is 1. The minimum Gasteiger partial charge on any atom is -0.489 e. The van der Waals surface area contributed by atoms with Crippen LogP contribution in [0.25, 0.3) is 0 Å². The van der Waals surface area contributed by atoms with Gasteiger partial charge in [-0.05, 0) is 50.9 Å². The molecule has 1 aliphatic heterocycles. The SMILES string of the molecule is Cc1cc(Cl)c(C)c(OC2CCCNC2)c1. The number of piperidine rings is 1. The van der Waals surface area contributed by atoms with Crippen LogP contribution in [0.1, 0.15) is 24.0 Å². The van der Waals surface area contributed by atoms with Gasteiger partial charge < -0.3 is 10.1 Å². The van der Waals surface area contributed by atoms with Crippen LogP contribution < -0.4 is 10.1 Å². The predicted molar refractivity (Wildman–Crippen MR) is 67.4 cm³/mol. The topological polar surface area (TPSA) is 21.3 Å². The first-order chi connectivity index (χ1) is 7.66. The molecular formula is C13H18ClNO. The van der Waals surface area contributed by atoms with Gasteiger partial charge in [0, 0.05) is 17.1 Å². The molecule has 0 radical (unpaired) electrons. The molecule has 0 aliphatic carbocycles. The molecule has 1 aliphatic rings. The Morgan fingerprint density at radius 1 is 1.38 bits per heavy atom. The molecule has 1 saturated heterocycles. The number of benzene rings is 1. The number of halogens is 1. The smallest absolute Gasteiger partial charge is 0.124 e. The molecule has 2 nitrogen and oxygen atoms in total. The summed E-state index contributed by atoms with van der Waals surface area (Å²) in [5.41, 5.74) is 2.19. The van der Waals surface area contributed by atoms with Gasteiger partial charge in [0.15, 0.2) is 0 Å². The molecule has 1 unspecified atom stereocenters. The number of aryl methyl sites for hydroxylation is 1. The maximum atomic E-state index is 6.14. The largest absolute Gasteiger partial charge is 0.489 e. The fourth-order valence-electron chi connectivity index (χ4n) is 2.00. The molecule has 1 fully saturated rings. The molecule has 16 heavy (non-hydrogen) atoms. The van der Waals surface area contributed by atoms with Gasteiger partial charge in [0.25, 0.3) is 0 Å². The van der Waals surface area contributed by atoms with Crippen LogP contribution in [-0.4, -0.2) is 19.2 Å². The average Bonchev–Trinajstić information content (AvgIpc) is 2.27. The van der Waals surface area contributed by atoms with Gasteiger partial charge in [0.2, 0.25) is 0 Å². The van der Waals surface area contributed by atoms with Crippen molar-refractivity contribution in [3.63, 3.8) is 0 Å². The Balaban J connectivity index is 2.13. The van der Waals surface area contributed by atoms with Crippen molar-refractivity contribution in [2.45, 2.75) is 32.8 Å². The Hall–Kier alpha value is -0.730. The summed E-state index contributed by atoms with van der Waals surface area (Å²) in [7, 11) is 0.